The lowest BCUT2D eigenvalue weighted by Gasteiger charge is -2.17. The Labute approximate surface area is 87.5 Å². The molecular formula is C11H11NO3. The molecule has 1 aromatic rings. The van der Waals surface area contributed by atoms with Gasteiger partial charge in [-0.3, -0.25) is 19.3 Å². The first-order valence-electron chi connectivity index (χ1n) is 4.42. The van der Waals surface area contributed by atoms with Gasteiger partial charge in [-0.05, 0) is 12.1 Å². The number of rotatable bonds is 2. The highest BCUT2D eigenvalue weighted by Crippen LogP contribution is 2.15. The van der Waals surface area contributed by atoms with Crippen molar-refractivity contribution in [2.75, 3.05) is 4.90 Å². The lowest BCUT2D eigenvalue weighted by atomic mass is 10.2. The molecule has 0 aromatic heterocycles. The number of imide groups is 1. The molecule has 0 fully saturated rings. The maximum Gasteiger partial charge on any atom is 0.230 e. The van der Waals surface area contributed by atoms with Crippen molar-refractivity contribution >= 4 is 23.8 Å². The number of carbonyl (C=O) groups excluding carboxylic acids is 3. The Kier molecular flexibility index (Phi) is 3.33. The minimum Gasteiger partial charge on any atom is -0.298 e. The predicted octanol–water partition coefficient (Wildman–Crippen LogP) is 1.40. The van der Waals surface area contributed by atoms with Crippen LogP contribution in [0.4, 0.5) is 5.69 Å². The Balaban J connectivity index is 3.16. The molecule has 15 heavy (non-hydrogen) atoms. The molecule has 4 heteroatoms. The van der Waals surface area contributed by atoms with Gasteiger partial charge < -0.3 is 0 Å². The molecule has 0 aliphatic rings. The molecular weight excluding hydrogens is 194 g/mol. The van der Waals surface area contributed by atoms with Gasteiger partial charge in [0.25, 0.3) is 0 Å². The Bertz CT molecular complexity index is 398. The normalized spacial score (nSPS) is 9.47. The molecule has 0 unspecified atom stereocenters. The smallest absolute Gasteiger partial charge is 0.230 e. The van der Waals surface area contributed by atoms with Crippen LogP contribution in [-0.2, 0) is 9.59 Å². The molecule has 0 N–H and O–H groups in total. The molecule has 0 atom stereocenters. The van der Waals surface area contributed by atoms with E-state index >= 15 is 0 Å². The van der Waals surface area contributed by atoms with E-state index in [1.807, 2.05) is 0 Å². The van der Waals surface area contributed by atoms with Crippen LogP contribution < -0.4 is 4.90 Å². The van der Waals surface area contributed by atoms with Gasteiger partial charge in [-0.15, -0.1) is 0 Å². The van der Waals surface area contributed by atoms with E-state index in [0.717, 1.165) is 4.90 Å². The summed E-state index contributed by atoms with van der Waals surface area (Å²) >= 11 is 0. The maximum absolute atomic E-state index is 11.2. The van der Waals surface area contributed by atoms with E-state index < -0.39 is 0 Å². The minimum atomic E-state index is -0.370. The minimum absolute atomic E-state index is 0.370. The molecule has 0 spiro atoms. The second kappa shape index (κ2) is 4.50. The summed E-state index contributed by atoms with van der Waals surface area (Å²) in [6.07, 6.45) is 0.669. The van der Waals surface area contributed by atoms with Crippen LogP contribution in [0.2, 0.25) is 0 Å². The van der Waals surface area contributed by atoms with Crippen LogP contribution in [-0.4, -0.2) is 18.1 Å². The van der Waals surface area contributed by atoms with Crippen LogP contribution in [0.15, 0.2) is 24.3 Å². The molecule has 1 rings (SSSR count). The van der Waals surface area contributed by atoms with E-state index in [-0.39, 0.29) is 11.8 Å². The summed E-state index contributed by atoms with van der Waals surface area (Å²) in [7, 11) is 0. The van der Waals surface area contributed by atoms with E-state index in [1.165, 1.54) is 19.9 Å². The van der Waals surface area contributed by atoms with Crippen LogP contribution >= 0.6 is 0 Å². The summed E-state index contributed by atoms with van der Waals surface area (Å²) in [4.78, 5) is 34.0. The predicted molar refractivity (Wildman–Crippen MR) is 55.7 cm³/mol. The maximum atomic E-state index is 11.2. The number of anilines is 1. The van der Waals surface area contributed by atoms with Crippen LogP contribution in [0.3, 0.4) is 0 Å². The Morgan fingerprint density at radius 1 is 1.20 bits per heavy atom. The first-order valence-corrected chi connectivity index (χ1v) is 4.42. The number of aldehydes is 1. The van der Waals surface area contributed by atoms with Gasteiger partial charge >= 0.3 is 0 Å². The van der Waals surface area contributed by atoms with Crippen LogP contribution in [0.5, 0.6) is 0 Å². The molecule has 0 saturated heterocycles. The molecule has 1 aromatic carbocycles. The van der Waals surface area contributed by atoms with Crippen LogP contribution in [0.1, 0.15) is 24.2 Å². The zero-order valence-corrected chi connectivity index (χ0v) is 8.56. The lowest BCUT2D eigenvalue weighted by molar-refractivity contribution is -0.124. The molecule has 78 valence electrons. The van der Waals surface area contributed by atoms with Gasteiger partial charge in [0.15, 0.2) is 0 Å². The van der Waals surface area contributed by atoms with E-state index in [0.29, 0.717) is 17.5 Å². The van der Waals surface area contributed by atoms with Crippen molar-refractivity contribution < 1.29 is 14.4 Å². The number of carbonyl (C=O) groups is 3. The zero-order chi connectivity index (χ0) is 11.4. The second-order valence-corrected chi connectivity index (χ2v) is 3.09. The molecule has 0 radical (unpaired) electrons. The van der Waals surface area contributed by atoms with Crippen molar-refractivity contribution in [3.8, 4) is 0 Å². The Morgan fingerprint density at radius 2 is 1.80 bits per heavy atom. The molecule has 4 nitrogen and oxygen atoms in total. The third-order valence-electron chi connectivity index (χ3n) is 1.89. The van der Waals surface area contributed by atoms with E-state index in [2.05, 4.69) is 0 Å². The Hall–Kier alpha value is -1.97. The molecule has 0 aliphatic heterocycles. The van der Waals surface area contributed by atoms with Crippen LogP contribution in [0.25, 0.3) is 0 Å². The number of amides is 2. The molecule has 0 aliphatic carbocycles. The summed E-state index contributed by atoms with van der Waals surface area (Å²) in [5.74, 6) is -0.740. The molecule has 2 amide bonds. The van der Waals surface area contributed by atoms with Crippen molar-refractivity contribution in [2.24, 2.45) is 0 Å². The first-order chi connectivity index (χ1) is 7.06. The SMILES string of the molecule is CC(=O)N(C(C)=O)c1cccc(C=O)c1. The summed E-state index contributed by atoms with van der Waals surface area (Å²) in [6.45, 7) is 2.60. The fourth-order valence-corrected chi connectivity index (χ4v) is 1.32. The summed E-state index contributed by atoms with van der Waals surface area (Å²) < 4.78 is 0. The zero-order valence-electron chi connectivity index (χ0n) is 8.56. The fourth-order valence-electron chi connectivity index (χ4n) is 1.32. The number of benzene rings is 1. The van der Waals surface area contributed by atoms with Gasteiger partial charge in [0, 0.05) is 19.4 Å². The van der Waals surface area contributed by atoms with Crippen molar-refractivity contribution in [3.05, 3.63) is 29.8 Å². The molecule has 0 bridgehead atoms. The van der Waals surface area contributed by atoms with Gasteiger partial charge in [0.2, 0.25) is 11.8 Å². The van der Waals surface area contributed by atoms with Crippen molar-refractivity contribution in [2.45, 2.75) is 13.8 Å². The van der Waals surface area contributed by atoms with Crippen molar-refractivity contribution in [3.63, 3.8) is 0 Å². The standard InChI is InChI=1S/C11H11NO3/c1-8(14)12(9(2)15)11-5-3-4-10(6-11)7-13/h3-7H,1-2H3. The fraction of sp³-hybridized carbons (Fsp3) is 0.182. The molecule has 0 heterocycles. The molecule has 0 saturated carbocycles. The first kappa shape index (κ1) is 11.1. The van der Waals surface area contributed by atoms with Crippen molar-refractivity contribution in [1.29, 1.82) is 0 Å². The highest BCUT2D eigenvalue weighted by molar-refractivity contribution is 6.13. The lowest BCUT2D eigenvalue weighted by Crippen LogP contribution is -2.33. The third-order valence-corrected chi connectivity index (χ3v) is 1.89. The second-order valence-electron chi connectivity index (χ2n) is 3.09. The van der Waals surface area contributed by atoms with Gasteiger partial charge in [-0.2, -0.15) is 0 Å². The Morgan fingerprint density at radius 3 is 2.27 bits per heavy atom. The van der Waals surface area contributed by atoms with Gasteiger partial charge in [-0.1, -0.05) is 12.1 Å². The highest BCUT2D eigenvalue weighted by Gasteiger charge is 2.15. The van der Waals surface area contributed by atoms with E-state index in [9.17, 15) is 14.4 Å². The average Bonchev–Trinajstić information content (AvgIpc) is 2.17. The van der Waals surface area contributed by atoms with Gasteiger partial charge in [-0.25, -0.2) is 0 Å². The average molecular weight is 205 g/mol. The van der Waals surface area contributed by atoms with Crippen LogP contribution in [0, 0.1) is 0 Å². The quantitative estimate of drug-likeness (QED) is 0.686. The van der Waals surface area contributed by atoms with Gasteiger partial charge in [0.1, 0.15) is 6.29 Å². The van der Waals surface area contributed by atoms with E-state index in [1.54, 1.807) is 18.2 Å². The summed E-state index contributed by atoms with van der Waals surface area (Å²) in [6, 6.07) is 6.33. The summed E-state index contributed by atoms with van der Waals surface area (Å²) in [5, 5.41) is 0. The topological polar surface area (TPSA) is 54.5 Å². The number of hydrogen-bond acceptors (Lipinski definition) is 3. The van der Waals surface area contributed by atoms with E-state index in [4.69, 9.17) is 0 Å². The van der Waals surface area contributed by atoms with Crippen molar-refractivity contribution in [1.82, 2.24) is 0 Å². The highest BCUT2D eigenvalue weighted by atomic mass is 16.2. The largest absolute Gasteiger partial charge is 0.298 e. The third kappa shape index (κ3) is 2.49. The van der Waals surface area contributed by atoms with Gasteiger partial charge in [0.05, 0.1) is 5.69 Å². The summed E-state index contributed by atoms with van der Waals surface area (Å²) in [5.41, 5.74) is 0.847. The number of nitrogens with zero attached hydrogens (tertiary/aromatic N) is 1. The monoisotopic (exact) mass is 205 g/mol. The number of hydrogen-bond donors (Lipinski definition) is 0.